The van der Waals surface area contributed by atoms with Crippen molar-refractivity contribution in [3.63, 3.8) is 0 Å². The van der Waals surface area contributed by atoms with Crippen LogP contribution in [0.15, 0.2) is 22.1 Å². The highest BCUT2D eigenvalue weighted by Gasteiger charge is 2.19. The highest BCUT2D eigenvalue weighted by Crippen LogP contribution is 2.37. The molecule has 2 heteroatoms. The Labute approximate surface area is 89.8 Å². The summed E-state index contributed by atoms with van der Waals surface area (Å²) < 4.78 is 0. The van der Waals surface area contributed by atoms with Gasteiger partial charge in [0.05, 0.1) is 11.4 Å². The van der Waals surface area contributed by atoms with Gasteiger partial charge in [-0.15, -0.1) is 0 Å². The lowest BCUT2D eigenvalue weighted by atomic mass is 10.0. The van der Waals surface area contributed by atoms with Gasteiger partial charge in [-0.25, -0.2) is 0 Å². The van der Waals surface area contributed by atoms with Gasteiger partial charge in [-0.1, -0.05) is 13.0 Å². The van der Waals surface area contributed by atoms with Crippen LogP contribution in [0, 0.1) is 0 Å². The number of nitrogens with zero attached hydrogens (tertiary/aromatic N) is 2. The summed E-state index contributed by atoms with van der Waals surface area (Å²) in [5.41, 5.74) is 7.55. The van der Waals surface area contributed by atoms with Crippen molar-refractivity contribution in [1.82, 2.24) is 0 Å². The van der Waals surface area contributed by atoms with Crippen molar-refractivity contribution in [3.05, 3.63) is 23.3 Å². The molecule has 1 aromatic carbocycles. The molecule has 0 bridgehead atoms. The molecule has 0 saturated heterocycles. The summed E-state index contributed by atoms with van der Waals surface area (Å²) in [7, 11) is 0. The van der Waals surface area contributed by atoms with Crippen LogP contribution in [0.5, 0.6) is 0 Å². The van der Waals surface area contributed by atoms with Crippen LogP contribution in [0.1, 0.15) is 31.4 Å². The van der Waals surface area contributed by atoms with Crippen LogP contribution in [-0.2, 0) is 12.8 Å². The maximum absolute atomic E-state index is 4.62. The Hall–Kier alpha value is -1.44. The number of benzene rings is 1. The zero-order valence-electron chi connectivity index (χ0n) is 9.17. The van der Waals surface area contributed by atoms with Gasteiger partial charge in [-0.3, -0.25) is 9.98 Å². The molecule has 3 rings (SSSR count). The Morgan fingerprint density at radius 2 is 1.80 bits per heavy atom. The van der Waals surface area contributed by atoms with Crippen molar-refractivity contribution in [2.45, 2.75) is 33.1 Å². The third-order valence-corrected chi connectivity index (χ3v) is 3.12. The van der Waals surface area contributed by atoms with E-state index < -0.39 is 0 Å². The first-order valence-electron chi connectivity index (χ1n) is 5.52. The fraction of sp³-hybridized carbons (Fsp3) is 0.385. The van der Waals surface area contributed by atoms with E-state index in [1.165, 1.54) is 22.6 Å². The predicted molar refractivity (Wildman–Crippen MR) is 64.0 cm³/mol. The van der Waals surface area contributed by atoms with E-state index in [1.807, 2.05) is 0 Å². The molecule has 0 saturated carbocycles. The fourth-order valence-electron chi connectivity index (χ4n) is 2.32. The number of hydrogen-bond donors (Lipinski definition) is 0. The van der Waals surface area contributed by atoms with Gasteiger partial charge in [-0.05, 0) is 30.5 Å². The molecule has 0 atom stereocenters. The van der Waals surface area contributed by atoms with Gasteiger partial charge in [0.25, 0.3) is 0 Å². The summed E-state index contributed by atoms with van der Waals surface area (Å²) in [5, 5.41) is 0. The van der Waals surface area contributed by atoms with Gasteiger partial charge < -0.3 is 0 Å². The minimum Gasteiger partial charge on any atom is -0.257 e. The molecule has 0 unspecified atom stereocenters. The summed E-state index contributed by atoms with van der Waals surface area (Å²) in [6.45, 7) is 4.26. The average Bonchev–Trinajstić information content (AvgIpc) is 2.74. The minimum atomic E-state index is 1.02. The average molecular weight is 198 g/mol. The molecular weight excluding hydrogens is 184 g/mol. The molecular formula is C13H14N2. The standard InChI is InChI=1S/C13H14N2/c1-3-11-6-10-5-9-4-8(2)14-12(9)7-13(10)15-11/h5,7H,3-4,6H2,1-2H3. The van der Waals surface area contributed by atoms with E-state index in [1.54, 1.807) is 0 Å². The molecule has 2 aliphatic rings. The second kappa shape index (κ2) is 3.02. The number of rotatable bonds is 1. The predicted octanol–water partition coefficient (Wildman–Crippen LogP) is 3.37. The van der Waals surface area contributed by atoms with E-state index in [0.29, 0.717) is 0 Å². The second-order valence-corrected chi connectivity index (χ2v) is 4.34. The van der Waals surface area contributed by atoms with Gasteiger partial charge >= 0.3 is 0 Å². The first-order valence-corrected chi connectivity index (χ1v) is 5.52. The van der Waals surface area contributed by atoms with Gasteiger partial charge in [-0.2, -0.15) is 0 Å². The summed E-state index contributed by atoms with van der Waals surface area (Å²) in [6.07, 6.45) is 3.11. The van der Waals surface area contributed by atoms with E-state index in [2.05, 4.69) is 36.0 Å². The number of aliphatic imine (C=N–C) groups is 2. The van der Waals surface area contributed by atoms with Crippen LogP contribution in [0.4, 0.5) is 11.4 Å². The van der Waals surface area contributed by atoms with Crippen molar-refractivity contribution in [2.24, 2.45) is 9.98 Å². The lowest BCUT2D eigenvalue weighted by Crippen LogP contribution is -1.95. The molecule has 2 heterocycles. The normalized spacial score (nSPS) is 17.2. The Bertz CT molecular complexity index is 496. The van der Waals surface area contributed by atoms with Crippen LogP contribution in [0.25, 0.3) is 0 Å². The first kappa shape index (κ1) is 8.84. The minimum absolute atomic E-state index is 1.02. The number of fused-ring (bicyclic) bond motifs is 2. The molecule has 0 radical (unpaired) electrons. The smallest absolute Gasteiger partial charge is 0.0686 e. The van der Waals surface area contributed by atoms with E-state index in [9.17, 15) is 0 Å². The van der Waals surface area contributed by atoms with E-state index in [0.717, 1.165) is 30.6 Å². The third kappa shape index (κ3) is 1.32. The quantitative estimate of drug-likeness (QED) is 0.661. The van der Waals surface area contributed by atoms with E-state index >= 15 is 0 Å². The molecule has 2 nitrogen and oxygen atoms in total. The lowest BCUT2D eigenvalue weighted by Gasteiger charge is -2.01. The van der Waals surface area contributed by atoms with Gasteiger partial charge in [0.2, 0.25) is 0 Å². The topological polar surface area (TPSA) is 24.7 Å². The lowest BCUT2D eigenvalue weighted by molar-refractivity contribution is 1.22. The van der Waals surface area contributed by atoms with Crippen LogP contribution in [-0.4, -0.2) is 11.4 Å². The van der Waals surface area contributed by atoms with Gasteiger partial charge in [0.1, 0.15) is 0 Å². The van der Waals surface area contributed by atoms with Crippen LogP contribution >= 0.6 is 0 Å². The van der Waals surface area contributed by atoms with Crippen molar-refractivity contribution in [2.75, 3.05) is 0 Å². The monoisotopic (exact) mass is 198 g/mol. The zero-order valence-corrected chi connectivity index (χ0v) is 9.17. The maximum Gasteiger partial charge on any atom is 0.0686 e. The summed E-state index contributed by atoms with van der Waals surface area (Å²) in [6, 6.07) is 4.43. The molecule has 2 aliphatic heterocycles. The molecule has 1 aromatic rings. The highest BCUT2D eigenvalue weighted by atomic mass is 14.8. The summed E-state index contributed by atoms with van der Waals surface area (Å²) >= 11 is 0. The molecule has 0 N–H and O–H groups in total. The second-order valence-electron chi connectivity index (χ2n) is 4.34. The highest BCUT2D eigenvalue weighted by molar-refractivity contribution is 5.97. The Morgan fingerprint density at radius 3 is 2.60 bits per heavy atom. The third-order valence-electron chi connectivity index (χ3n) is 3.12. The largest absolute Gasteiger partial charge is 0.257 e. The van der Waals surface area contributed by atoms with Gasteiger partial charge in [0.15, 0.2) is 0 Å². The molecule has 0 aromatic heterocycles. The summed E-state index contributed by atoms with van der Waals surface area (Å²) in [5.74, 6) is 0. The van der Waals surface area contributed by atoms with Crippen molar-refractivity contribution in [1.29, 1.82) is 0 Å². The Morgan fingerprint density at radius 1 is 1.07 bits per heavy atom. The SMILES string of the molecule is CCC1=Nc2cc3c(cc2C1)CC(C)=N3. The van der Waals surface area contributed by atoms with E-state index in [4.69, 9.17) is 0 Å². The summed E-state index contributed by atoms with van der Waals surface area (Å²) in [4.78, 5) is 9.15. The van der Waals surface area contributed by atoms with E-state index in [-0.39, 0.29) is 0 Å². The molecule has 0 spiro atoms. The Balaban J connectivity index is 2.08. The van der Waals surface area contributed by atoms with Gasteiger partial charge in [0, 0.05) is 24.3 Å². The van der Waals surface area contributed by atoms with Crippen molar-refractivity contribution < 1.29 is 0 Å². The fourth-order valence-corrected chi connectivity index (χ4v) is 2.32. The molecule has 76 valence electrons. The van der Waals surface area contributed by atoms with Crippen molar-refractivity contribution in [3.8, 4) is 0 Å². The van der Waals surface area contributed by atoms with Crippen LogP contribution in [0.3, 0.4) is 0 Å². The van der Waals surface area contributed by atoms with Crippen molar-refractivity contribution >= 4 is 22.8 Å². The molecule has 15 heavy (non-hydrogen) atoms. The first-order chi connectivity index (χ1) is 7.26. The van der Waals surface area contributed by atoms with Crippen LogP contribution < -0.4 is 0 Å². The molecule has 0 fully saturated rings. The Kier molecular flexibility index (Phi) is 1.78. The zero-order chi connectivity index (χ0) is 10.4. The molecule has 0 amide bonds. The molecule has 0 aliphatic carbocycles. The number of hydrogen-bond acceptors (Lipinski definition) is 2. The van der Waals surface area contributed by atoms with Crippen LogP contribution in [0.2, 0.25) is 0 Å². The maximum atomic E-state index is 4.62.